The molecule has 2 aliphatic rings. The van der Waals surface area contributed by atoms with Gasteiger partial charge in [0.05, 0.1) is 22.9 Å². The number of carboxylic acid groups (broad SMARTS) is 1. The normalized spacial score (nSPS) is 23.4. The van der Waals surface area contributed by atoms with Crippen molar-refractivity contribution in [3.05, 3.63) is 52.3 Å². The van der Waals surface area contributed by atoms with E-state index in [1.165, 1.54) is 12.1 Å². The van der Waals surface area contributed by atoms with Gasteiger partial charge in [0.25, 0.3) is 0 Å². The van der Waals surface area contributed by atoms with Crippen LogP contribution in [0.15, 0.2) is 24.3 Å². The molecule has 0 unspecified atom stereocenters. The molecule has 1 aliphatic carbocycles. The number of carbonyl (C=O) groups excluding carboxylic acids is 1. The number of carboxylic acids is 1. The molecule has 1 aromatic heterocycles. The number of hydrogen-bond acceptors (Lipinski definition) is 4. The van der Waals surface area contributed by atoms with Gasteiger partial charge in [-0.3, -0.25) is 4.79 Å². The lowest BCUT2D eigenvalue weighted by atomic mass is 9.71. The first-order valence-electron chi connectivity index (χ1n) is 8.67. The van der Waals surface area contributed by atoms with Gasteiger partial charge in [0, 0.05) is 5.02 Å². The van der Waals surface area contributed by atoms with Gasteiger partial charge in [-0.15, -0.1) is 0 Å². The van der Waals surface area contributed by atoms with Crippen molar-refractivity contribution >= 4 is 29.2 Å². The summed E-state index contributed by atoms with van der Waals surface area (Å²) in [5, 5.41) is 11.9. The molecule has 1 aromatic carbocycles. The second-order valence-electron chi connectivity index (χ2n) is 6.95. The Morgan fingerprint density at radius 2 is 1.89 bits per heavy atom. The SMILES string of the molecule is O=C(O)c1ccc2c(n1)[C@]1(CC[C@H](Oc3c(F)cc(Cl)cc3F)CC1)C(=O)N2. The van der Waals surface area contributed by atoms with Gasteiger partial charge in [0.1, 0.15) is 5.69 Å². The number of halogens is 3. The molecular weight excluding hydrogens is 394 g/mol. The lowest BCUT2D eigenvalue weighted by Gasteiger charge is -2.35. The molecular formula is C19H15ClF2N2O4. The molecule has 1 spiro atoms. The number of ether oxygens (including phenoxy) is 1. The Morgan fingerprint density at radius 3 is 2.50 bits per heavy atom. The molecule has 146 valence electrons. The zero-order chi connectivity index (χ0) is 20.1. The fourth-order valence-electron chi connectivity index (χ4n) is 3.87. The average molecular weight is 409 g/mol. The number of pyridine rings is 1. The predicted molar refractivity (Wildman–Crippen MR) is 95.8 cm³/mol. The summed E-state index contributed by atoms with van der Waals surface area (Å²) >= 11 is 5.62. The molecule has 4 rings (SSSR count). The summed E-state index contributed by atoms with van der Waals surface area (Å²) in [6, 6.07) is 4.81. The Balaban J connectivity index is 1.56. The molecule has 28 heavy (non-hydrogen) atoms. The van der Waals surface area contributed by atoms with Crippen molar-refractivity contribution in [2.24, 2.45) is 0 Å². The quantitative estimate of drug-likeness (QED) is 0.803. The molecule has 1 aliphatic heterocycles. The molecule has 0 radical (unpaired) electrons. The van der Waals surface area contributed by atoms with Gasteiger partial charge in [0.15, 0.2) is 17.4 Å². The molecule has 2 aromatic rings. The maximum atomic E-state index is 14.0. The minimum atomic E-state index is -1.18. The summed E-state index contributed by atoms with van der Waals surface area (Å²) in [6.45, 7) is 0. The topological polar surface area (TPSA) is 88.5 Å². The first-order valence-corrected chi connectivity index (χ1v) is 9.05. The number of fused-ring (bicyclic) bond motifs is 2. The summed E-state index contributed by atoms with van der Waals surface area (Å²) in [7, 11) is 0. The summed E-state index contributed by atoms with van der Waals surface area (Å²) < 4.78 is 33.4. The van der Waals surface area contributed by atoms with E-state index in [0.717, 1.165) is 12.1 Å². The third kappa shape index (κ3) is 2.97. The number of nitrogens with one attached hydrogen (secondary N) is 1. The molecule has 0 saturated heterocycles. The van der Waals surface area contributed by atoms with Crippen LogP contribution in [-0.2, 0) is 10.2 Å². The Kier molecular flexibility index (Phi) is 4.45. The number of hydrogen-bond donors (Lipinski definition) is 2. The first kappa shape index (κ1) is 18.6. The van der Waals surface area contributed by atoms with E-state index in [-0.39, 0.29) is 16.6 Å². The van der Waals surface area contributed by atoms with Crippen LogP contribution in [0.2, 0.25) is 5.02 Å². The summed E-state index contributed by atoms with van der Waals surface area (Å²) in [4.78, 5) is 28.0. The van der Waals surface area contributed by atoms with Crippen LogP contribution in [-0.4, -0.2) is 28.1 Å². The highest BCUT2D eigenvalue weighted by atomic mass is 35.5. The Morgan fingerprint density at radius 1 is 1.25 bits per heavy atom. The summed E-state index contributed by atoms with van der Waals surface area (Å²) in [5.41, 5.74) is -0.209. The smallest absolute Gasteiger partial charge is 0.354 e. The van der Waals surface area contributed by atoms with Crippen molar-refractivity contribution < 1.29 is 28.2 Å². The van der Waals surface area contributed by atoms with Crippen molar-refractivity contribution in [2.45, 2.75) is 37.2 Å². The zero-order valence-electron chi connectivity index (χ0n) is 14.5. The number of nitrogens with zero attached hydrogens (tertiary/aromatic N) is 1. The van der Waals surface area contributed by atoms with Crippen LogP contribution in [0, 0.1) is 11.6 Å². The van der Waals surface area contributed by atoms with Crippen molar-refractivity contribution in [1.82, 2.24) is 4.98 Å². The molecule has 1 saturated carbocycles. The summed E-state index contributed by atoms with van der Waals surface area (Å²) in [6.07, 6.45) is 0.864. The van der Waals surface area contributed by atoms with Gasteiger partial charge in [-0.05, 0) is 49.9 Å². The van der Waals surface area contributed by atoms with E-state index in [4.69, 9.17) is 16.3 Å². The first-order chi connectivity index (χ1) is 13.3. The highest BCUT2D eigenvalue weighted by molar-refractivity contribution is 6.30. The van der Waals surface area contributed by atoms with Crippen LogP contribution < -0.4 is 10.1 Å². The average Bonchev–Trinajstić information content (AvgIpc) is 2.91. The van der Waals surface area contributed by atoms with Crippen molar-refractivity contribution in [3.8, 4) is 5.75 Å². The maximum Gasteiger partial charge on any atom is 0.354 e. The number of rotatable bonds is 3. The van der Waals surface area contributed by atoms with E-state index in [9.17, 15) is 23.5 Å². The molecule has 9 heteroatoms. The highest BCUT2D eigenvalue weighted by Crippen LogP contribution is 2.47. The van der Waals surface area contributed by atoms with Crippen LogP contribution >= 0.6 is 11.6 Å². The van der Waals surface area contributed by atoms with E-state index in [0.29, 0.717) is 37.1 Å². The van der Waals surface area contributed by atoms with E-state index in [1.807, 2.05) is 0 Å². The Hall–Kier alpha value is -2.74. The Bertz CT molecular complexity index is 967. The minimum Gasteiger partial charge on any atom is -0.484 e. The van der Waals surface area contributed by atoms with Crippen molar-refractivity contribution in [3.63, 3.8) is 0 Å². The van der Waals surface area contributed by atoms with E-state index < -0.39 is 34.9 Å². The molecule has 1 fully saturated rings. The van der Waals surface area contributed by atoms with Crippen LogP contribution in [0.5, 0.6) is 5.75 Å². The van der Waals surface area contributed by atoms with Gasteiger partial charge in [-0.2, -0.15) is 0 Å². The van der Waals surface area contributed by atoms with Crippen LogP contribution in [0.25, 0.3) is 0 Å². The van der Waals surface area contributed by atoms with Gasteiger partial charge < -0.3 is 15.2 Å². The number of anilines is 1. The van der Waals surface area contributed by atoms with E-state index in [1.54, 1.807) is 0 Å². The molecule has 2 heterocycles. The fraction of sp³-hybridized carbons (Fsp3) is 0.316. The Labute approximate surface area is 163 Å². The fourth-order valence-corrected chi connectivity index (χ4v) is 4.06. The molecule has 0 bridgehead atoms. The lowest BCUT2D eigenvalue weighted by molar-refractivity contribution is -0.122. The summed E-state index contributed by atoms with van der Waals surface area (Å²) in [5.74, 6) is -3.69. The van der Waals surface area contributed by atoms with Gasteiger partial charge >= 0.3 is 5.97 Å². The van der Waals surface area contributed by atoms with Gasteiger partial charge in [-0.1, -0.05) is 11.6 Å². The monoisotopic (exact) mass is 408 g/mol. The van der Waals surface area contributed by atoms with Crippen LogP contribution in [0.4, 0.5) is 14.5 Å². The number of carbonyl (C=O) groups is 2. The van der Waals surface area contributed by atoms with E-state index in [2.05, 4.69) is 10.3 Å². The number of amides is 1. The third-order valence-corrected chi connectivity index (χ3v) is 5.50. The van der Waals surface area contributed by atoms with E-state index >= 15 is 0 Å². The third-order valence-electron chi connectivity index (χ3n) is 5.28. The number of aromatic carboxylic acids is 1. The maximum absolute atomic E-state index is 14.0. The van der Waals surface area contributed by atoms with Crippen LogP contribution in [0.1, 0.15) is 41.9 Å². The predicted octanol–water partition coefficient (Wildman–Crippen LogP) is 3.92. The molecule has 0 atom stereocenters. The van der Waals surface area contributed by atoms with Gasteiger partial charge in [0.2, 0.25) is 5.91 Å². The number of aromatic nitrogens is 1. The zero-order valence-corrected chi connectivity index (χ0v) is 15.2. The second-order valence-corrected chi connectivity index (χ2v) is 7.39. The van der Waals surface area contributed by atoms with Crippen molar-refractivity contribution in [1.29, 1.82) is 0 Å². The van der Waals surface area contributed by atoms with Crippen molar-refractivity contribution in [2.75, 3.05) is 5.32 Å². The number of benzene rings is 1. The molecule has 1 amide bonds. The van der Waals surface area contributed by atoms with Crippen LogP contribution in [0.3, 0.4) is 0 Å². The highest BCUT2D eigenvalue weighted by Gasteiger charge is 2.50. The largest absolute Gasteiger partial charge is 0.484 e. The molecule has 2 N–H and O–H groups in total. The second kappa shape index (κ2) is 6.70. The minimum absolute atomic E-state index is 0.0653. The van der Waals surface area contributed by atoms with Gasteiger partial charge in [-0.25, -0.2) is 18.6 Å². The molecule has 6 nitrogen and oxygen atoms in total. The lowest BCUT2D eigenvalue weighted by Crippen LogP contribution is -2.41. The standard InChI is InChI=1S/C19H15ClF2N2O4/c20-9-7-11(21)15(12(22)8-9)28-10-3-5-19(6-4-10)16-13(24-18(19)27)1-2-14(23-16)17(25)26/h1-2,7-8,10H,3-6H2,(H,24,27)(H,25,26)/t10-,19+.